The topological polar surface area (TPSA) is 86.5 Å². The predicted octanol–water partition coefficient (Wildman–Crippen LogP) is 4.58. The van der Waals surface area contributed by atoms with Gasteiger partial charge in [-0.1, -0.05) is 15.9 Å². The van der Waals surface area contributed by atoms with E-state index in [1.54, 1.807) is 36.2 Å². The Kier molecular flexibility index (Phi) is 6.09. The van der Waals surface area contributed by atoms with Gasteiger partial charge in [0.05, 0.1) is 6.26 Å². The lowest BCUT2D eigenvalue weighted by Gasteiger charge is -2.33. The summed E-state index contributed by atoms with van der Waals surface area (Å²) >= 11 is 3.34. The minimum Gasteiger partial charge on any atom is -0.459 e. The average Bonchev–Trinajstić information content (AvgIpc) is 3.45. The third-order valence-electron chi connectivity index (χ3n) is 5.37. The molecule has 1 amide bonds. The third-order valence-corrected chi connectivity index (χ3v) is 5.86. The highest BCUT2D eigenvalue weighted by Gasteiger charge is 2.31. The molecule has 160 valence electrons. The van der Waals surface area contributed by atoms with E-state index in [0.29, 0.717) is 43.1 Å². The van der Waals surface area contributed by atoms with Gasteiger partial charge in [0.25, 0.3) is 5.89 Å². The van der Waals surface area contributed by atoms with Crippen molar-refractivity contribution in [1.82, 2.24) is 9.88 Å². The monoisotopic (exact) mass is 486 g/mol. The number of furan rings is 1. The molecule has 2 aromatic heterocycles. The molecule has 9 heteroatoms. The largest absolute Gasteiger partial charge is 0.459 e. The fourth-order valence-electron chi connectivity index (χ4n) is 3.74. The molecule has 0 spiro atoms. The fraction of sp³-hybridized carbons (Fsp3) is 0.318. The zero-order chi connectivity index (χ0) is 22.0. The van der Waals surface area contributed by atoms with Gasteiger partial charge in [-0.3, -0.25) is 4.79 Å². The Morgan fingerprint density at radius 2 is 2.16 bits per heavy atom. The van der Waals surface area contributed by atoms with Gasteiger partial charge in [0.2, 0.25) is 17.5 Å². The van der Waals surface area contributed by atoms with Crippen molar-refractivity contribution >= 4 is 27.7 Å². The van der Waals surface area contributed by atoms with Crippen molar-refractivity contribution in [2.75, 3.05) is 25.0 Å². The molecule has 1 aromatic carbocycles. The highest BCUT2D eigenvalue weighted by molar-refractivity contribution is 9.10. The normalized spacial score (nSPS) is 14.5. The maximum Gasteiger partial charge on any atom is 0.266 e. The van der Waals surface area contributed by atoms with Gasteiger partial charge in [0.1, 0.15) is 11.9 Å². The number of carbonyl (C=O) groups is 1. The molecule has 0 bridgehead atoms. The summed E-state index contributed by atoms with van der Waals surface area (Å²) in [5.41, 5.74) is 0.659. The van der Waals surface area contributed by atoms with Crippen LogP contribution < -0.4 is 4.90 Å². The predicted molar refractivity (Wildman–Crippen MR) is 114 cm³/mol. The second kappa shape index (κ2) is 8.94. The molecule has 4 rings (SSSR count). The number of aromatic nitrogens is 1. The van der Waals surface area contributed by atoms with Crippen molar-refractivity contribution in [3.63, 3.8) is 0 Å². The Hall–Kier alpha value is -3.12. The third kappa shape index (κ3) is 4.49. The molecule has 0 unspecified atom stereocenters. The Labute approximate surface area is 187 Å². The number of amides is 1. The lowest BCUT2D eigenvalue weighted by Crippen LogP contribution is -2.41. The molecule has 1 aliphatic heterocycles. The number of carbonyl (C=O) groups excluding carboxylic acids is 1. The summed E-state index contributed by atoms with van der Waals surface area (Å²) in [6.45, 7) is 1.31. The van der Waals surface area contributed by atoms with E-state index in [9.17, 15) is 14.4 Å². The Morgan fingerprint density at radius 3 is 2.84 bits per heavy atom. The molecular formula is C22H20BrFN4O3. The number of piperidine rings is 1. The SMILES string of the molecule is CN(Cc1cc(Br)ccc1F)C(=O)C1CCN(c2oc(-c3ccco3)nc2C#N)CC1. The summed E-state index contributed by atoms with van der Waals surface area (Å²) in [6.07, 6.45) is 2.72. The summed E-state index contributed by atoms with van der Waals surface area (Å²) in [5.74, 6) is 0.575. The van der Waals surface area contributed by atoms with Crippen LogP contribution in [0.25, 0.3) is 11.7 Å². The molecule has 1 aliphatic rings. The van der Waals surface area contributed by atoms with E-state index in [1.165, 1.54) is 12.3 Å². The molecule has 1 saturated heterocycles. The Morgan fingerprint density at radius 1 is 1.39 bits per heavy atom. The van der Waals surface area contributed by atoms with E-state index >= 15 is 0 Å². The summed E-state index contributed by atoms with van der Waals surface area (Å²) < 4.78 is 25.9. The van der Waals surface area contributed by atoms with Crippen molar-refractivity contribution in [2.24, 2.45) is 5.92 Å². The van der Waals surface area contributed by atoms with Gasteiger partial charge in [-0.15, -0.1) is 0 Å². The van der Waals surface area contributed by atoms with Crippen LogP contribution in [0.2, 0.25) is 0 Å². The smallest absolute Gasteiger partial charge is 0.266 e. The number of halogens is 2. The molecule has 3 aromatic rings. The quantitative estimate of drug-likeness (QED) is 0.524. The maximum atomic E-state index is 14.0. The summed E-state index contributed by atoms with van der Waals surface area (Å²) in [7, 11) is 1.69. The number of hydrogen-bond acceptors (Lipinski definition) is 6. The van der Waals surface area contributed by atoms with Crippen LogP contribution in [-0.2, 0) is 11.3 Å². The molecule has 3 heterocycles. The average molecular weight is 487 g/mol. The van der Waals surface area contributed by atoms with Crippen LogP contribution in [-0.4, -0.2) is 35.9 Å². The van der Waals surface area contributed by atoms with Crippen LogP contribution in [0.5, 0.6) is 0 Å². The van der Waals surface area contributed by atoms with E-state index in [1.807, 2.05) is 4.90 Å². The van der Waals surface area contributed by atoms with Crippen LogP contribution in [0.15, 0.2) is 49.9 Å². The highest BCUT2D eigenvalue weighted by Crippen LogP contribution is 2.31. The molecule has 7 nitrogen and oxygen atoms in total. The van der Waals surface area contributed by atoms with Gasteiger partial charge >= 0.3 is 0 Å². The molecule has 0 radical (unpaired) electrons. The first-order chi connectivity index (χ1) is 15.0. The molecule has 31 heavy (non-hydrogen) atoms. The van der Waals surface area contributed by atoms with Crippen molar-refractivity contribution in [1.29, 1.82) is 5.26 Å². The van der Waals surface area contributed by atoms with Gasteiger partial charge in [0, 0.05) is 42.6 Å². The number of nitriles is 1. The number of oxazole rings is 1. The first-order valence-electron chi connectivity index (χ1n) is 9.85. The van der Waals surface area contributed by atoms with Crippen LogP contribution in [0.3, 0.4) is 0 Å². The highest BCUT2D eigenvalue weighted by atomic mass is 79.9. The second-order valence-corrected chi connectivity index (χ2v) is 8.37. The lowest BCUT2D eigenvalue weighted by atomic mass is 9.95. The lowest BCUT2D eigenvalue weighted by molar-refractivity contribution is -0.135. The van der Waals surface area contributed by atoms with Crippen LogP contribution in [0.1, 0.15) is 24.1 Å². The van der Waals surface area contributed by atoms with Crippen molar-refractivity contribution in [3.8, 4) is 17.7 Å². The van der Waals surface area contributed by atoms with E-state index in [0.717, 1.165) is 4.47 Å². The van der Waals surface area contributed by atoms with E-state index in [-0.39, 0.29) is 35.8 Å². The molecule has 0 N–H and O–H groups in total. The van der Waals surface area contributed by atoms with Crippen molar-refractivity contribution in [2.45, 2.75) is 19.4 Å². The van der Waals surface area contributed by atoms with Gasteiger partial charge in [0.15, 0.2) is 5.76 Å². The Balaban J connectivity index is 1.40. The summed E-state index contributed by atoms with van der Waals surface area (Å²) in [5, 5.41) is 9.43. The fourth-order valence-corrected chi connectivity index (χ4v) is 4.15. The van der Waals surface area contributed by atoms with Gasteiger partial charge in [-0.2, -0.15) is 10.2 Å². The zero-order valence-electron chi connectivity index (χ0n) is 16.8. The Bertz CT molecular complexity index is 1110. The van der Waals surface area contributed by atoms with Crippen molar-refractivity contribution < 1.29 is 18.0 Å². The summed E-state index contributed by atoms with van der Waals surface area (Å²) in [6, 6.07) is 10.2. The first kappa shape index (κ1) is 21.1. The van der Waals surface area contributed by atoms with Gasteiger partial charge < -0.3 is 18.6 Å². The number of nitrogens with zero attached hydrogens (tertiary/aromatic N) is 4. The molecular weight excluding hydrogens is 467 g/mol. The van der Waals surface area contributed by atoms with Gasteiger partial charge in [-0.25, -0.2) is 4.39 Å². The van der Waals surface area contributed by atoms with Crippen LogP contribution in [0.4, 0.5) is 10.3 Å². The minimum absolute atomic E-state index is 0.0200. The molecule has 0 atom stereocenters. The van der Waals surface area contributed by atoms with Crippen molar-refractivity contribution in [3.05, 3.63) is 58.1 Å². The molecule has 0 saturated carbocycles. The summed E-state index contributed by atoms with van der Waals surface area (Å²) in [4.78, 5) is 20.6. The van der Waals surface area contributed by atoms with E-state index in [2.05, 4.69) is 27.0 Å². The number of benzene rings is 1. The molecule has 1 fully saturated rings. The van der Waals surface area contributed by atoms with E-state index in [4.69, 9.17) is 8.83 Å². The number of anilines is 1. The van der Waals surface area contributed by atoms with Crippen LogP contribution >= 0.6 is 15.9 Å². The standard InChI is InChI=1S/C22H20BrFN4O3/c1-27(13-15-11-16(23)4-5-17(15)24)21(29)14-6-8-28(9-7-14)22-18(12-25)26-20(31-22)19-3-2-10-30-19/h2-5,10-11,14H,6-9,13H2,1H3. The number of hydrogen-bond donors (Lipinski definition) is 0. The molecule has 0 aliphatic carbocycles. The maximum absolute atomic E-state index is 14.0. The van der Waals surface area contributed by atoms with Gasteiger partial charge in [-0.05, 0) is 43.2 Å². The zero-order valence-corrected chi connectivity index (χ0v) is 18.4. The number of rotatable bonds is 5. The van der Waals surface area contributed by atoms with Crippen LogP contribution in [0, 0.1) is 23.1 Å². The van der Waals surface area contributed by atoms with E-state index < -0.39 is 0 Å². The second-order valence-electron chi connectivity index (χ2n) is 7.45. The minimum atomic E-state index is -0.334. The first-order valence-corrected chi connectivity index (χ1v) is 10.6.